The molecule has 0 amide bonds. The van der Waals surface area contributed by atoms with Crippen molar-refractivity contribution in [3.05, 3.63) is 0 Å². The zero-order chi connectivity index (χ0) is 10.3. The van der Waals surface area contributed by atoms with Crippen LogP contribution in [0, 0.1) is 0 Å². The number of Topliss-reactive ketones (excluding diaryl/α,β-unsaturated/α-hetero) is 2. The maximum atomic E-state index is 11.2. The average molecular weight is 185 g/mol. The molecule has 4 heteroatoms. The van der Waals surface area contributed by atoms with Crippen molar-refractivity contribution in [3.63, 3.8) is 0 Å². The molecule has 0 aromatic heterocycles. The first-order valence-corrected chi connectivity index (χ1v) is 4.39. The van der Waals surface area contributed by atoms with Gasteiger partial charge in [0, 0.05) is 13.3 Å². The van der Waals surface area contributed by atoms with Gasteiger partial charge in [0.25, 0.3) is 0 Å². The Morgan fingerprint density at radius 3 is 2.31 bits per heavy atom. The predicted octanol–water partition coefficient (Wildman–Crippen LogP) is 1.55. The molecule has 0 fully saturated rings. The fraction of sp³-hybridized carbons (Fsp3) is 0.667. The normalized spacial score (nSPS) is 11.4. The summed E-state index contributed by atoms with van der Waals surface area (Å²) in [5, 5.41) is 11.1. The fourth-order valence-electron chi connectivity index (χ4n) is 0.976. The largest absolute Gasteiger partial charge is 0.410 e. The second kappa shape index (κ2) is 6.34. The Hall–Kier alpha value is -1.19. The van der Waals surface area contributed by atoms with Gasteiger partial charge in [-0.1, -0.05) is 24.9 Å². The van der Waals surface area contributed by atoms with Crippen LogP contribution in [0.5, 0.6) is 0 Å². The number of ketones is 2. The number of hydrogen-bond acceptors (Lipinski definition) is 4. The molecule has 0 radical (unpaired) electrons. The summed E-state index contributed by atoms with van der Waals surface area (Å²) in [4.78, 5) is 21.9. The highest BCUT2D eigenvalue weighted by Gasteiger charge is 2.15. The first kappa shape index (κ1) is 11.8. The van der Waals surface area contributed by atoms with Gasteiger partial charge in [0.05, 0.1) is 0 Å². The van der Waals surface area contributed by atoms with Gasteiger partial charge < -0.3 is 5.21 Å². The Balaban J connectivity index is 4.02. The highest BCUT2D eigenvalue weighted by Crippen LogP contribution is 2.01. The van der Waals surface area contributed by atoms with E-state index in [9.17, 15) is 9.59 Å². The third-order valence-electron chi connectivity index (χ3n) is 1.70. The van der Waals surface area contributed by atoms with E-state index < -0.39 is 5.78 Å². The molecular formula is C9H15NO3. The predicted molar refractivity (Wildman–Crippen MR) is 49.1 cm³/mol. The minimum atomic E-state index is -0.482. The molecule has 0 aromatic rings. The summed E-state index contributed by atoms with van der Waals surface area (Å²) in [6.45, 7) is 3.24. The first-order chi connectivity index (χ1) is 6.13. The second-order valence-corrected chi connectivity index (χ2v) is 2.89. The Morgan fingerprint density at radius 2 is 1.92 bits per heavy atom. The van der Waals surface area contributed by atoms with Gasteiger partial charge in [-0.2, -0.15) is 0 Å². The van der Waals surface area contributed by atoms with Crippen molar-refractivity contribution in [2.24, 2.45) is 5.16 Å². The van der Waals surface area contributed by atoms with Gasteiger partial charge in [-0.05, 0) is 6.42 Å². The lowest BCUT2D eigenvalue weighted by Gasteiger charge is -1.98. The lowest BCUT2D eigenvalue weighted by Crippen LogP contribution is -2.21. The number of rotatable bonds is 6. The Labute approximate surface area is 77.6 Å². The summed E-state index contributed by atoms with van der Waals surface area (Å²) in [6, 6.07) is 0. The van der Waals surface area contributed by atoms with Crippen LogP contribution in [0.3, 0.4) is 0 Å². The van der Waals surface area contributed by atoms with Gasteiger partial charge in [0.15, 0.2) is 17.3 Å². The molecule has 0 heterocycles. The molecule has 0 atom stereocenters. The zero-order valence-electron chi connectivity index (χ0n) is 8.04. The highest BCUT2D eigenvalue weighted by molar-refractivity contribution is 6.65. The van der Waals surface area contributed by atoms with Gasteiger partial charge in [0.1, 0.15) is 0 Å². The van der Waals surface area contributed by atoms with Crippen LogP contribution in [-0.2, 0) is 9.59 Å². The van der Waals surface area contributed by atoms with E-state index in [-0.39, 0.29) is 17.9 Å². The van der Waals surface area contributed by atoms with Crippen molar-refractivity contribution < 1.29 is 14.8 Å². The molecule has 0 aliphatic heterocycles. The summed E-state index contributed by atoms with van der Waals surface area (Å²) in [5.74, 6) is -0.854. The number of hydrogen-bond donors (Lipinski definition) is 1. The SMILES string of the molecule is CCCCCC(=O)/C(=N\O)C(C)=O. The molecule has 4 nitrogen and oxygen atoms in total. The van der Waals surface area contributed by atoms with Crippen LogP contribution in [0.1, 0.15) is 39.5 Å². The van der Waals surface area contributed by atoms with Crippen LogP contribution < -0.4 is 0 Å². The lowest BCUT2D eigenvalue weighted by molar-refractivity contribution is -0.116. The van der Waals surface area contributed by atoms with Gasteiger partial charge >= 0.3 is 0 Å². The number of nitrogens with zero attached hydrogens (tertiary/aromatic N) is 1. The average Bonchev–Trinajstić information content (AvgIpc) is 2.05. The fourth-order valence-corrected chi connectivity index (χ4v) is 0.976. The molecule has 74 valence electrons. The van der Waals surface area contributed by atoms with Crippen LogP contribution in [-0.4, -0.2) is 22.5 Å². The maximum Gasteiger partial charge on any atom is 0.188 e. The number of carbonyl (C=O) groups is 2. The van der Waals surface area contributed by atoms with Gasteiger partial charge in [-0.3, -0.25) is 9.59 Å². The van der Waals surface area contributed by atoms with Crippen LogP contribution in [0.15, 0.2) is 5.16 Å². The molecular weight excluding hydrogens is 170 g/mol. The minimum absolute atomic E-state index is 0.285. The van der Waals surface area contributed by atoms with Crippen LogP contribution in [0.25, 0.3) is 0 Å². The lowest BCUT2D eigenvalue weighted by atomic mass is 10.1. The molecule has 0 unspecified atom stereocenters. The molecule has 0 aliphatic carbocycles. The van der Waals surface area contributed by atoms with Crippen molar-refractivity contribution in [1.29, 1.82) is 0 Å². The number of carbonyl (C=O) groups excluding carboxylic acids is 2. The Bertz CT molecular complexity index is 221. The van der Waals surface area contributed by atoms with Crippen molar-refractivity contribution in [2.75, 3.05) is 0 Å². The van der Waals surface area contributed by atoms with Crippen molar-refractivity contribution >= 4 is 17.3 Å². The van der Waals surface area contributed by atoms with Crippen molar-refractivity contribution in [2.45, 2.75) is 39.5 Å². The molecule has 0 spiro atoms. The van der Waals surface area contributed by atoms with E-state index in [2.05, 4.69) is 5.16 Å². The van der Waals surface area contributed by atoms with Crippen molar-refractivity contribution in [1.82, 2.24) is 0 Å². The minimum Gasteiger partial charge on any atom is -0.410 e. The van der Waals surface area contributed by atoms with E-state index in [4.69, 9.17) is 5.21 Å². The summed E-state index contributed by atoms with van der Waals surface area (Å²) in [6.07, 6.45) is 2.98. The Morgan fingerprint density at radius 1 is 1.31 bits per heavy atom. The Kier molecular flexibility index (Phi) is 5.76. The molecule has 0 aliphatic rings. The second-order valence-electron chi connectivity index (χ2n) is 2.89. The number of unbranched alkanes of at least 4 members (excludes halogenated alkanes) is 2. The first-order valence-electron chi connectivity index (χ1n) is 4.39. The highest BCUT2D eigenvalue weighted by atomic mass is 16.4. The summed E-state index contributed by atoms with van der Waals surface area (Å²) < 4.78 is 0. The van der Waals surface area contributed by atoms with Crippen molar-refractivity contribution in [3.8, 4) is 0 Å². The maximum absolute atomic E-state index is 11.2. The van der Waals surface area contributed by atoms with Gasteiger partial charge in [-0.25, -0.2) is 0 Å². The quantitative estimate of drug-likeness (QED) is 0.224. The van der Waals surface area contributed by atoms with Crippen LogP contribution >= 0.6 is 0 Å². The van der Waals surface area contributed by atoms with E-state index in [0.29, 0.717) is 0 Å². The van der Waals surface area contributed by atoms with Crippen LogP contribution in [0.4, 0.5) is 0 Å². The number of oxime groups is 1. The standard InChI is InChI=1S/C9H15NO3/c1-3-4-5-6-8(12)9(10-13)7(2)11/h13H,3-6H2,1-2H3/b10-9-. The smallest absolute Gasteiger partial charge is 0.188 e. The third kappa shape index (κ3) is 4.40. The topological polar surface area (TPSA) is 66.7 Å². The summed E-state index contributed by atoms with van der Waals surface area (Å²) in [7, 11) is 0. The molecule has 0 bridgehead atoms. The van der Waals surface area contributed by atoms with E-state index in [0.717, 1.165) is 19.3 Å². The summed E-state index contributed by atoms with van der Waals surface area (Å²) in [5.41, 5.74) is -0.337. The molecule has 13 heavy (non-hydrogen) atoms. The molecule has 1 N–H and O–H groups in total. The molecule has 0 rings (SSSR count). The third-order valence-corrected chi connectivity index (χ3v) is 1.70. The van der Waals surface area contributed by atoms with Gasteiger partial charge in [0.2, 0.25) is 0 Å². The van der Waals surface area contributed by atoms with E-state index >= 15 is 0 Å². The van der Waals surface area contributed by atoms with Gasteiger partial charge in [-0.15, -0.1) is 0 Å². The van der Waals surface area contributed by atoms with E-state index in [1.807, 2.05) is 6.92 Å². The molecule has 0 saturated heterocycles. The summed E-state index contributed by atoms with van der Waals surface area (Å²) >= 11 is 0. The van der Waals surface area contributed by atoms with Crippen LogP contribution in [0.2, 0.25) is 0 Å². The molecule has 0 aromatic carbocycles. The van der Waals surface area contributed by atoms with E-state index in [1.54, 1.807) is 0 Å². The monoisotopic (exact) mass is 185 g/mol. The van der Waals surface area contributed by atoms with E-state index in [1.165, 1.54) is 6.92 Å². The zero-order valence-corrected chi connectivity index (χ0v) is 8.04. The molecule has 0 saturated carbocycles.